The monoisotopic (exact) mass is 371 g/mol. The molecular weight excluding hydrogens is 350 g/mol. The summed E-state index contributed by atoms with van der Waals surface area (Å²) in [6.45, 7) is 2.15. The quantitative estimate of drug-likeness (QED) is 0.781. The minimum atomic E-state index is -0.602. The summed E-state index contributed by atoms with van der Waals surface area (Å²) in [6.07, 6.45) is 1.94. The number of amides is 3. The maximum atomic E-state index is 12.8. The highest BCUT2D eigenvalue weighted by atomic mass is 32.1. The van der Waals surface area contributed by atoms with Crippen LogP contribution in [-0.2, 0) is 11.3 Å². The number of nitrogens with two attached hydrogens (primary N) is 1. The molecular formula is C19H21N3O3S. The molecule has 0 aliphatic heterocycles. The van der Waals surface area contributed by atoms with Gasteiger partial charge in [0.2, 0.25) is 11.8 Å². The molecule has 1 aliphatic rings. The van der Waals surface area contributed by atoms with Gasteiger partial charge in [-0.05, 0) is 48.9 Å². The van der Waals surface area contributed by atoms with Crippen LogP contribution in [-0.4, -0.2) is 34.7 Å². The highest BCUT2D eigenvalue weighted by Gasteiger charge is 2.35. The number of hydrogen-bond acceptors (Lipinski definition) is 4. The van der Waals surface area contributed by atoms with Gasteiger partial charge in [0.05, 0.1) is 4.88 Å². The van der Waals surface area contributed by atoms with Crippen molar-refractivity contribution in [2.24, 2.45) is 5.73 Å². The van der Waals surface area contributed by atoms with Crippen LogP contribution in [0.25, 0.3) is 0 Å². The fourth-order valence-corrected chi connectivity index (χ4v) is 3.36. The van der Waals surface area contributed by atoms with Gasteiger partial charge in [-0.25, -0.2) is 0 Å². The zero-order valence-corrected chi connectivity index (χ0v) is 15.3. The van der Waals surface area contributed by atoms with E-state index in [-0.39, 0.29) is 17.9 Å². The Hall–Kier alpha value is -2.67. The molecule has 1 unspecified atom stereocenters. The first-order valence-corrected chi connectivity index (χ1v) is 9.37. The molecule has 1 aliphatic carbocycles. The predicted molar refractivity (Wildman–Crippen MR) is 99.8 cm³/mol. The summed E-state index contributed by atoms with van der Waals surface area (Å²) < 4.78 is 0. The molecule has 6 nitrogen and oxygen atoms in total. The maximum absolute atomic E-state index is 12.8. The van der Waals surface area contributed by atoms with Crippen LogP contribution in [0.2, 0.25) is 0 Å². The summed E-state index contributed by atoms with van der Waals surface area (Å²) in [5, 5.41) is 4.60. The molecule has 1 saturated carbocycles. The number of nitrogens with one attached hydrogen (secondary N) is 1. The van der Waals surface area contributed by atoms with E-state index < -0.39 is 11.9 Å². The molecule has 0 bridgehead atoms. The van der Waals surface area contributed by atoms with E-state index in [2.05, 4.69) is 5.32 Å². The fourth-order valence-electron chi connectivity index (χ4n) is 2.73. The van der Waals surface area contributed by atoms with Gasteiger partial charge in [0.1, 0.15) is 6.04 Å². The van der Waals surface area contributed by atoms with Gasteiger partial charge in [-0.15, -0.1) is 11.3 Å². The van der Waals surface area contributed by atoms with Crippen LogP contribution in [0.3, 0.4) is 0 Å². The topological polar surface area (TPSA) is 92.5 Å². The van der Waals surface area contributed by atoms with E-state index in [1.807, 2.05) is 5.38 Å². The molecule has 3 rings (SSSR count). The Morgan fingerprint density at radius 1 is 1.23 bits per heavy atom. The van der Waals surface area contributed by atoms with Crippen molar-refractivity contribution >= 4 is 29.1 Å². The third kappa shape index (κ3) is 4.29. The molecule has 1 heterocycles. The number of thiophene rings is 1. The number of nitrogens with zero attached hydrogens (tertiary/aromatic N) is 1. The second-order valence-electron chi connectivity index (χ2n) is 6.43. The lowest BCUT2D eigenvalue weighted by Gasteiger charge is -2.26. The summed E-state index contributed by atoms with van der Waals surface area (Å²) in [5.41, 5.74) is 6.62. The molecule has 3 N–H and O–H groups in total. The molecule has 0 radical (unpaired) electrons. The minimum absolute atomic E-state index is 0.101. The number of carbonyl (C=O) groups excluding carboxylic acids is 3. The molecule has 7 heteroatoms. The van der Waals surface area contributed by atoms with Gasteiger partial charge in [0, 0.05) is 18.2 Å². The lowest BCUT2D eigenvalue weighted by atomic mass is 10.1. The van der Waals surface area contributed by atoms with E-state index in [0.29, 0.717) is 17.0 Å². The molecule has 3 amide bonds. The van der Waals surface area contributed by atoms with Crippen LogP contribution in [0.15, 0.2) is 41.8 Å². The Labute approximate surface area is 156 Å². The zero-order valence-electron chi connectivity index (χ0n) is 14.5. The van der Waals surface area contributed by atoms with Gasteiger partial charge in [0.25, 0.3) is 5.91 Å². The van der Waals surface area contributed by atoms with Crippen LogP contribution in [0.1, 0.15) is 45.4 Å². The van der Waals surface area contributed by atoms with Crippen LogP contribution in [0, 0.1) is 0 Å². The third-order valence-electron chi connectivity index (χ3n) is 4.33. The summed E-state index contributed by atoms with van der Waals surface area (Å²) in [5.74, 6) is -0.810. The largest absolute Gasteiger partial charge is 0.366 e. The van der Waals surface area contributed by atoms with E-state index in [1.165, 1.54) is 11.3 Å². The summed E-state index contributed by atoms with van der Waals surface area (Å²) in [7, 11) is 0. The Morgan fingerprint density at radius 3 is 2.46 bits per heavy atom. The van der Waals surface area contributed by atoms with Crippen molar-refractivity contribution in [1.29, 1.82) is 0 Å². The lowest BCUT2D eigenvalue weighted by molar-refractivity contribution is -0.134. The highest BCUT2D eigenvalue weighted by Crippen LogP contribution is 2.29. The van der Waals surface area contributed by atoms with Crippen molar-refractivity contribution in [1.82, 2.24) is 10.2 Å². The second kappa shape index (κ2) is 7.70. The van der Waals surface area contributed by atoms with Gasteiger partial charge in [-0.2, -0.15) is 0 Å². The number of carbonyl (C=O) groups is 3. The molecule has 0 saturated heterocycles. The predicted octanol–water partition coefficient (Wildman–Crippen LogP) is 2.16. The third-order valence-corrected chi connectivity index (χ3v) is 5.19. The average Bonchev–Trinajstić information content (AvgIpc) is 3.31. The van der Waals surface area contributed by atoms with E-state index >= 15 is 0 Å². The first kappa shape index (κ1) is 18.1. The highest BCUT2D eigenvalue weighted by molar-refractivity contribution is 7.12. The van der Waals surface area contributed by atoms with Crippen LogP contribution >= 0.6 is 11.3 Å². The summed E-state index contributed by atoms with van der Waals surface area (Å²) >= 11 is 1.34. The van der Waals surface area contributed by atoms with Crippen molar-refractivity contribution < 1.29 is 14.4 Å². The van der Waals surface area contributed by atoms with Gasteiger partial charge < -0.3 is 16.0 Å². The average molecular weight is 371 g/mol. The number of rotatable bonds is 7. The first-order chi connectivity index (χ1) is 12.5. The molecule has 136 valence electrons. The van der Waals surface area contributed by atoms with Crippen molar-refractivity contribution in [3.8, 4) is 0 Å². The van der Waals surface area contributed by atoms with Gasteiger partial charge in [-0.1, -0.05) is 18.2 Å². The van der Waals surface area contributed by atoms with Gasteiger partial charge in [0.15, 0.2) is 0 Å². The van der Waals surface area contributed by atoms with Crippen LogP contribution in [0.4, 0.5) is 0 Å². The molecule has 2 aromatic rings. The first-order valence-electron chi connectivity index (χ1n) is 8.49. The van der Waals surface area contributed by atoms with E-state index in [4.69, 9.17) is 5.73 Å². The standard InChI is InChI=1S/C19H21N3O3S/c1-12(21-18(24)16-3-2-10-26-16)19(25)22(15-8-9-15)11-13-4-6-14(7-5-13)17(20)23/h2-7,10,12,15H,8-9,11H2,1H3,(H2,20,23)(H,21,24). The second-order valence-corrected chi connectivity index (χ2v) is 7.38. The zero-order chi connectivity index (χ0) is 18.7. The minimum Gasteiger partial charge on any atom is -0.366 e. The summed E-state index contributed by atoms with van der Waals surface area (Å²) in [4.78, 5) is 38.6. The number of hydrogen-bond donors (Lipinski definition) is 2. The van der Waals surface area contributed by atoms with Crippen LogP contribution < -0.4 is 11.1 Å². The van der Waals surface area contributed by atoms with Gasteiger partial charge >= 0.3 is 0 Å². The van der Waals surface area contributed by atoms with E-state index in [9.17, 15) is 14.4 Å². The fraction of sp³-hybridized carbons (Fsp3) is 0.316. The normalized spacial score (nSPS) is 14.5. The molecule has 0 spiro atoms. The van der Waals surface area contributed by atoms with Crippen molar-refractivity contribution in [3.05, 3.63) is 57.8 Å². The van der Waals surface area contributed by atoms with E-state index in [1.54, 1.807) is 48.2 Å². The Kier molecular flexibility index (Phi) is 5.37. The van der Waals surface area contributed by atoms with Crippen molar-refractivity contribution in [2.75, 3.05) is 0 Å². The SMILES string of the molecule is CC(NC(=O)c1cccs1)C(=O)N(Cc1ccc(C(N)=O)cc1)C1CC1. The Bertz CT molecular complexity index is 798. The maximum Gasteiger partial charge on any atom is 0.261 e. The summed E-state index contributed by atoms with van der Waals surface area (Å²) in [6, 6.07) is 10.1. The molecule has 1 fully saturated rings. The molecule has 26 heavy (non-hydrogen) atoms. The lowest BCUT2D eigenvalue weighted by Crippen LogP contribution is -2.47. The molecule has 1 aromatic heterocycles. The van der Waals surface area contributed by atoms with Gasteiger partial charge in [-0.3, -0.25) is 14.4 Å². The van der Waals surface area contributed by atoms with E-state index in [0.717, 1.165) is 18.4 Å². The molecule has 1 aromatic carbocycles. The van der Waals surface area contributed by atoms with Crippen LogP contribution in [0.5, 0.6) is 0 Å². The van der Waals surface area contributed by atoms with Crippen molar-refractivity contribution in [2.45, 2.75) is 38.4 Å². The molecule has 1 atom stereocenters. The Morgan fingerprint density at radius 2 is 1.92 bits per heavy atom. The number of benzene rings is 1. The van der Waals surface area contributed by atoms with Crippen molar-refractivity contribution in [3.63, 3.8) is 0 Å². The Balaban J connectivity index is 1.66. The smallest absolute Gasteiger partial charge is 0.261 e. The number of primary amides is 1.